The van der Waals surface area contributed by atoms with Crippen LogP contribution >= 0.6 is 0 Å². The van der Waals surface area contributed by atoms with E-state index in [0.29, 0.717) is 18.8 Å². The molecule has 2 fully saturated rings. The van der Waals surface area contributed by atoms with Gasteiger partial charge in [-0.05, 0) is 55.7 Å². The topological polar surface area (TPSA) is 79.7 Å². The lowest BCUT2D eigenvalue weighted by atomic mass is 9.89. The average molecular weight is 332 g/mol. The van der Waals surface area contributed by atoms with Crippen LogP contribution in [0.3, 0.4) is 0 Å². The van der Waals surface area contributed by atoms with Crippen molar-refractivity contribution in [2.45, 2.75) is 51.2 Å². The first kappa shape index (κ1) is 16.9. The number of carbonyl (C=O) groups is 2. The van der Waals surface area contributed by atoms with E-state index in [2.05, 4.69) is 4.98 Å². The van der Waals surface area contributed by atoms with Crippen LogP contribution in [-0.4, -0.2) is 52.2 Å². The first-order chi connectivity index (χ1) is 11.5. The molecule has 24 heavy (non-hydrogen) atoms. The minimum atomic E-state index is -0.864. The van der Waals surface area contributed by atoms with Gasteiger partial charge in [0.05, 0.1) is 12.5 Å². The molecule has 0 aromatic carbocycles. The van der Waals surface area contributed by atoms with Crippen molar-refractivity contribution < 1.29 is 19.4 Å². The Morgan fingerprint density at radius 3 is 2.67 bits per heavy atom. The third-order valence-corrected chi connectivity index (χ3v) is 5.24. The Labute approximate surface area is 141 Å². The molecule has 0 bridgehead atoms. The van der Waals surface area contributed by atoms with Gasteiger partial charge in [-0.15, -0.1) is 0 Å². The monoisotopic (exact) mass is 332 g/mol. The van der Waals surface area contributed by atoms with Crippen LogP contribution in [0.5, 0.6) is 0 Å². The second-order valence-corrected chi connectivity index (χ2v) is 6.78. The van der Waals surface area contributed by atoms with Crippen molar-refractivity contribution in [3.8, 4) is 0 Å². The molecule has 2 saturated heterocycles. The van der Waals surface area contributed by atoms with E-state index in [-0.39, 0.29) is 12.0 Å². The zero-order chi connectivity index (χ0) is 17.1. The highest BCUT2D eigenvalue weighted by Crippen LogP contribution is 2.32. The number of carboxylic acid groups (broad SMARTS) is 1. The van der Waals surface area contributed by atoms with Crippen molar-refractivity contribution in [1.82, 2.24) is 9.88 Å². The zero-order valence-corrected chi connectivity index (χ0v) is 14.0. The molecule has 3 heterocycles. The summed E-state index contributed by atoms with van der Waals surface area (Å²) in [5.41, 5.74) is 2.07. The molecule has 6 heteroatoms. The number of nitrogens with zero attached hydrogens (tertiary/aromatic N) is 2. The molecule has 3 rings (SSSR count). The number of rotatable bonds is 4. The number of amides is 1. The normalized spacial score (nSPS) is 25.0. The maximum atomic E-state index is 12.5. The average Bonchev–Trinajstić information content (AvgIpc) is 3.07. The van der Waals surface area contributed by atoms with Gasteiger partial charge >= 0.3 is 5.97 Å². The number of hydrogen-bond donors (Lipinski definition) is 1. The summed E-state index contributed by atoms with van der Waals surface area (Å²) < 4.78 is 5.66. The number of hydrogen-bond acceptors (Lipinski definition) is 4. The van der Waals surface area contributed by atoms with Gasteiger partial charge in [0.2, 0.25) is 5.91 Å². The summed E-state index contributed by atoms with van der Waals surface area (Å²) in [7, 11) is 0. The number of carboxylic acids is 1. The second-order valence-electron chi connectivity index (χ2n) is 6.78. The van der Waals surface area contributed by atoms with Crippen LogP contribution in [-0.2, 0) is 20.7 Å². The van der Waals surface area contributed by atoms with Crippen molar-refractivity contribution in [3.05, 3.63) is 29.6 Å². The predicted octanol–water partition coefficient (Wildman–Crippen LogP) is 1.80. The number of pyridine rings is 1. The van der Waals surface area contributed by atoms with E-state index in [1.54, 1.807) is 12.4 Å². The number of carbonyl (C=O) groups excluding carboxylic acids is 1. The van der Waals surface area contributed by atoms with Gasteiger partial charge in [0.1, 0.15) is 0 Å². The molecule has 0 unspecified atom stereocenters. The quantitative estimate of drug-likeness (QED) is 0.909. The summed E-state index contributed by atoms with van der Waals surface area (Å²) in [5.74, 6) is -0.365. The van der Waals surface area contributed by atoms with Gasteiger partial charge < -0.3 is 14.7 Å². The summed E-state index contributed by atoms with van der Waals surface area (Å²) in [6.45, 7) is 3.44. The highest BCUT2D eigenvalue weighted by Gasteiger charge is 2.37. The van der Waals surface area contributed by atoms with Gasteiger partial charge in [0.25, 0.3) is 0 Å². The number of aliphatic carboxylic acids is 1. The van der Waals surface area contributed by atoms with E-state index in [4.69, 9.17) is 9.84 Å². The highest BCUT2D eigenvalue weighted by atomic mass is 16.5. The van der Waals surface area contributed by atoms with Gasteiger partial charge in [-0.1, -0.05) is 0 Å². The summed E-state index contributed by atoms with van der Waals surface area (Å²) in [4.78, 5) is 29.5. The maximum absolute atomic E-state index is 12.5. The largest absolute Gasteiger partial charge is 0.479 e. The second kappa shape index (κ2) is 7.30. The first-order valence-corrected chi connectivity index (χ1v) is 8.60. The molecule has 1 aromatic heterocycles. The fraction of sp³-hybridized carbons (Fsp3) is 0.611. The third-order valence-electron chi connectivity index (χ3n) is 5.24. The van der Waals surface area contributed by atoms with Crippen LogP contribution in [0, 0.1) is 12.8 Å². The van der Waals surface area contributed by atoms with Crippen molar-refractivity contribution >= 4 is 11.9 Å². The van der Waals surface area contributed by atoms with Crippen molar-refractivity contribution in [3.63, 3.8) is 0 Å². The van der Waals surface area contributed by atoms with E-state index >= 15 is 0 Å². The van der Waals surface area contributed by atoms with Gasteiger partial charge in [-0.25, -0.2) is 4.79 Å². The molecule has 130 valence electrons. The van der Waals surface area contributed by atoms with Crippen LogP contribution in [0.1, 0.15) is 36.8 Å². The third kappa shape index (κ3) is 3.75. The summed E-state index contributed by atoms with van der Waals surface area (Å²) in [6, 6.07) is 1.92. The molecule has 0 aliphatic carbocycles. The highest BCUT2D eigenvalue weighted by molar-refractivity contribution is 5.79. The molecular weight excluding hydrogens is 308 g/mol. The Bertz CT molecular complexity index is 611. The van der Waals surface area contributed by atoms with Crippen molar-refractivity contribution in [2.75, 3.05) is 13.1 Å². The molecule has 1 amide bonds. The molecular formula is C18H24N2O4. The van der Waals surface area contributed by atoms with Gasteiger partial charge in [0.15, 0.2) is 6.10 Å². The summed E-state index contributed by atoms with van der Waals surface area (Å²) >= 11 is 0. The molecule has 2 aliphatic heterocycles. The van der Waals surface area contributed by atoms with Crippen LogP contribution in [0.15, 0.2) is 18.5 Å². The minimum Gasteiger partial charge on any atom is -0.479 e. The molecule has 2 atom stereocenters. The molecule has 1 aromatic rings. The Balaban J connectivity index is 1.49. The lowest BCUT2D eigenvalue weighted by Crippen LogP contribution is -2.42. The molecule has 2 aliphatic rings. The van der Waals surface area contributed by atoms with Crippen LogP contribution in [0.4, 0.5) is 0 Å². The molecule has 0 spiro atoms. The van der Waals surface area contributed by atoms with Gasteiger partial charge in [-0.2, -0.15) is 0 Å². The van der Waals surface area contributed by atoms with E-state index < -0.39 is 12.1 Å². The first-order valence-electron chi connectivity index (χ1n) is 8.60. The number of likely N-dealkylation sites (tertiary alicyclic amines) is 1. The Hall–Kier alpha value is -1.95. The van der Waals surface area contributed by atoms with Crippen LogP contribution < -0.4 is 0 Å². The lowest BCUT2D eigenvalue weighted by molar-refractivity contribution is -0.151. The Kier molecular flexibility index (Phi) is 5.14. The zero-order valence-electron chi connectivity index (χ0n) is 14.0. The standard InChI is InChI=1S/C18H24N2O4/c1-12-4-7-19-11-14(12)10-17(21)20-8-5-13(6-9-20)15-2-3-16(24-15)18(22)23/h4,7,11,13,15-16H,2-3,5-6,8-10H2,1H3,(H,22,23)/t15-,16+/m0/s1. The lowest BCUT2D eigenvalue weighted by Gasteiger charge is -2.34. The van der Waals surface area contributed by atoms with Crippen molar-refractivity contribution in [2.24, 2.45) is 5.92 Å². The van der Waals surface area contributed by atoms with Gasteiger partial charge in [-0.3, -0.25) is 9.78 Å². The van der Waals surface area contributed by atoms with E-state index in [9.17, 15) is 9.59 Å². The van der Waals surface area contributed by atoms with Crippen molar-refractivity contribution in [1.29, 1.82) is 0 Å². The molecule has 0 saturated carbocycles. The number of piperidine rings is 1. The fourth-order valence-corrected chi connectivity index (χ4v) is 3.67. The van der Waals surface area contributed by atoms with Crippen LogP contribution in [0.25, 0.3) is 0 Å². The Morgan fingerprint density at radius 2 is 2.04 bits per heavy atom. The smallest absolute Gasteiger partial charge is 0.332 e. The molecule has 1 N–H and O–H groups in total. The molecule has 0 radical (unpaired) electrons. The predicted molar refractivity (Wildman–Crippen MR) is 87.5 cm³/mol. The summed E-state index contributed by atoms with van der Waals surface area (Å²) in [5, 5.41) is 9.02. The van der Waals surface area contributed by atoms with Gasteiger partial charge in [0, 0.05) is 25.5 Å². The SMILES string of the molecule is Cc1ccncc1CC(=O)N1CCC([C@@H]2CC[C@H](C(=O)O)O2)CC1. The summed E-state index contributed by atoms with van der Waals surface area (Å²) in [6.07, 6.45) is 6.45. The van der Waals surface area contributed by atoms with E-state index in [1.165, 1.54) is 0 Å². The fourth-order valence-electron chi connectivity index (χ4n) is 3.67. The maximum Gasteiger partial charge on any atom is 0.332 e. The number of aryl methyl sites for hydroxylation is 1. The Morgan fingerprint density at radius 1 is 1.29 bits per heavy atom. The van der Waals surface area contributed by atoms with E-state index in [0.717, 1.165) is 43.5 Å². The van der Waals surface area contributed by atoms with Crippen LogP contribution in [0.2, 0.25) is 0 Å². The molecule has 6 nitrogen and oxygen atoms in total. The van der Waals surface area contributed by atoms with E-state index in [1.807, 2.05) is 17.9 Å². The minimum absolute atomic E-state index is 0.0314. The number of aromatic nitrogens is 1. The number of ether oxygens (including phenoxy) is 1.